The molecule has 156 valence electrons. The van der Waals surface area contributed by atoms with E-state index in [1.807, 2.05) is 49.7 Å². The number of amides is 1. The summed E-state index contributed by atoms with van der Waals surface area (Å²) in [4.78, 5) is 13.7. The van der Waals surface area contributed by atoms with E-state index in [-0.39, 0.29) is 23.2 Å². The van der Waals surface area contributed by atoms with Gasteiger partial charge >= 0.3 is 0 Å². The topological polar surface area (TPSA) is 51.0 Å². The Morgan fingerprint density at radius 1 is 1.17 bits per heavy atom. The van der Waals surface area contributed by atoms with Gasteiger partial charge in [0.05, 0.1) is 10.4 Å². The van der Waals surface area contributed by atoms with E-state index in [0.717, 1.165) is 35.5 Å². The number of carbonyl (C=O) groups excluding carboxylic acids is 1. The van der Waals surface area contributed by atoms with Crippen LogP contribution in [0.3, 0.4) is 0 Å². The molecular weight excluding hydrogens is 403 g/mol. The first-order chi connectivity index (χ1) is 14.2. The second kappa shape index (κ2) is 7.51. The van der Waals surface area contributed by atoms with Crippen LogP contribution >= 0.6 is 11.6 Å². The third-order valence-corrected chi connectivity index (χ3v) is 6.09. The number of aromatic nitrogens is 3. The molecule has 1 aliphatic rings. The van der Waals surface area contributed by atoms with Gasteiger partial charge in [-0.25, -0.2) is 4.39 Å². The van der Waals surface area contributed by atoms with Gasteiger partial charge in [-0.05, 0) is 62.6 Å². The van der Waals surface area contributed by atoms with E-state index in [1.54, 1.807) is 17.9 Å². The van der Waals surface area contributed by atoms with E-state index < -0.39 is 0 Å². The fourth-order valence-electron chi connectivity index (χ4n) is 4.19. The van der Waals surface area contributed by atoms with Crippen LogP contribution < -0.4 is 4.90 Å². The summed E-state index contributed by atoms with van der Waals surface area (Å²) in [7, 11) is 1.93. The number of anilines is 1. The van der Waals surface area contributed by atoms with Crippen molar-refractivity contribution in [3.05, 3.63) is 64.7 Å². The lowest BCUT2D eigenvalue weighted by atomic mass is 9.95. The Morgan fingerprint density at radius 2 is 1.83 bits per heavy atom. The Bertz CT molecular complexity index is 1100. The quantitative estimate of drug-likeness (QED) is 0.569. The van der Waals surface area contributed by atoms with Gasteiger partial charge in [0.25, 0.3) is 0 Å². The Balaban J connectivity index is 1.71. The molecule has 5 nitrogen and oxygen atoms in total. The Morgan fingerprint density at radius 3 is 2.37 bits per heavy atom. The Hall–Kier alpha value is -2.73. The lowest BCUT2D eigenvalue weighted by Gasteiger charge is -2.26. The summed E-state index contributed by atoms with van der Waals surface area (Å²) in [6, 6.07) is 12.2. The molecule has 0 spiro atoms. The van der Waals surface area contributed by atoms with Crippen molar-refractivity contribution >= 4 is 23.2 Å². The number of nitrogens with zero attached hydrogens (tertiary/aromatic N) is 4. The molecule has 1 amide bonds. The largest absolute Gasteiger partial charge is 0.313 e. The van der Waals surface area contributed by atoms with Crippen molar-refractivity contribution in [2.45, 2.75) is 45.1 Å². The van der Waals surface area contributed by atoms with Gasteiger partial charge in [0.1, 0.15) is 11.6 Å². The first-order valence-corrected chi connectivity index (χ1v) is 10.4. The van der Waals surface area contributed by atoms with E-state index in [2.05, 4.69) is 10.2 Å². The number of halogens is 2. The van der Waals surface area contributed by atoms with Crippen molar-refractivity contribution < 1.29 is 9.18 Å². The summed E-state index contributed by atoms with van der Waals surface area (Å²) in [5.74, 6) is 1.22. The van der Waals surface area contributed by atoms with Gasteiger partial charge in [0.2, 0.25) is 5.91 Å². The zero-order chi connectivity index (χ0) is 21.6. The minimum atomic E-state index is -0.249. The summed E-state index contributed by atoms with van der Waals surface area (Å²) in [5.41, 5.74) is 2.31. The van der Waals surface area contributed by atoms with Gasteiger partial charge in [0.15, 0.2) is 5.82 Å². The van der Waals surface area contributed by atoms with Crippen LogP contribution in [0, 0.1) is 5.82 Å². The van der Waals surface area contributed by atoms with Crippen LogP contribution in [-0.2, 0) is 17.3 Å². The van der Waals surface area contributed by atoms with Crippen LogP contribution in [0.1, 0.15) is 45.0 Å². The molecule has 4 rings (SSSR count). The van der Waals surface area contributed by atoms with Crippen molar-refractivity contribution in [3.8, 4) is 11.4 Å². The average Bonchev–Trinajstić information content (AvgIpc) is 3.39. The Kier molecular flexibility index (Phi) is 5.14. The van der Waals surface area contributed by atoms with Crippen molar-refractivity contribution in [2.24, 2.45) is 7.05 Å². The summed E-state index contributed by atoms with van der Waals surface area (Å²) in [5, 5.41) is 9.40. The highest BCUT2D eigenvalue weighted by atomic mass is 35.5. The molecule has 0 atom stereocenters. The summed E-state index contributed by atoms with van der Waals surface area (Å²) < 4.78 is 15.3. The molecule has 2 aromatic carbocycles. The monoisotopic (exact) mass is 426 g/mol. The van der Waals surface area contributed by atoms with Crippen molar-refractivity contribution in [1.29, 1.82) is 0 Å². The molecule has 7 heteroatoms. The summed E-state index contributed by atoms with van der Waals surface area (Å²) in [6.45, 7) is 5.46. The third kappa shape index (κ3) is 3.39. The van der Waals surface area contributed by atoms with Gasteiger partial charge in [-0.1, -0.05) is 23.7 Å². The van der Waals surface area contributed by atoms with Gasteiger partial charge in [0, 0.05) is 31.3 Å². The molecule has 1 aliphatic carbocycles. The smallest absolute Gasteiger partial charge is 0.224 e. The van der Waals surface area contributed by atoms with E-state index in [1.165, 1.54) is 12.1 Å². The van der Waals surface area contributed by atoms with Crippen LogP contribution in [0.25, 0.3) is 11.4 Å². The Labute approximate surface area is 180 Å². The van der Waals surface area contributed by atoms with Crippen molar-refractivity contribution in [2.75, 3.05) is 4.90 Å². The number of hydrogen-bond donors (Lipinski definition) is 0. The first-order valence-electron chi connectivity index (χ1n) is 10.0. The van der Waals surface area contributed by atoms with Crippen LogP contribution in [-0.4, -0.2) is 26.7 Å². The van der Waals surface area contributed by atoms with Crippen LogP contribution in [0.4, 0.5) is 10.1 Å². The van der Waals surface area contributed by atoms with Crippen LogP contribution in [0.5, 0.6) is 0 Å². The van der Waals surface area contributed by atoms with Gasteiger partial charge < -0.3 is 9.47 Å². The fraction of sp³-hybridized carbons (Fsp3) is 0.348. The highest BCUT2D eigenvalue weighted by Gasteiger charge is 2.50. The summed E-state index contributed by atoms with van der Waals surface area (Å²) in [6.07, 6.45) is 1.89. The second-order valence-electron chi connectivity index (χ2n) is 8.14. The highest BCUT2D eigenvalue weighted by molar-refractivity contribution is 6.33. The second-order valence-corrected chi connectivity index (χ2v) is 8.55. The minimum absolute atomic E-state index is 0.0243. The standard InChI is InChI=1S/C23H24ClFN4O/c1-14(2)29(15(3)30)18-9-10-19(20(24)13-18)21-26-27-22(28(21)4)23(11-12-23)16-5-7-17(25)8-6-16/h5-10,13-14H,11-12H2,1-4H3. The third-order valence-electron chi connectivity index (χ3n) is 5.78. The predicted molar refractivity (Wildman–Crippen MR) is 116 cm³/mol. The zero-order valence-electron chi connectivity index (χ0n) is 17.5. The van der Waals surface area contributed by atoms with Crippen LogP contribution in [0.15, 0.2) is 42.5 Å². The fourth-order valence-corrected chi connectivity index (χ4v) is 4.45. The zero-order valence-corrected chi connectivity index (χ0v) is 18.2. The van der Waals surface area contributed by atoms with E-state index in [4.69, 9.17) is 11.6 Å². The maximum absolute atomic E-state index is 13.4. The molecule has 0 bridgehead atoms. The van der Waals surface area contributed by atoms with E-state index >= 15 is 0 Å². The van der Waals surface area contributed by atoms with E-state index in [9.17, 15) is 9.18 Å². The first kappa shape index (κ1) is 20.5. The number of carbonyl (C=O) groups is 1. The molecule has 0 aliphatic heterocycles. The lowest BCUT2D eigenvalue weighted by molar-refractivity contribution is -0.116. The number of hydrogen-bond acceptors (Lipinski definition) is 3. The van der Waals surface area contributed by atoms with Crippen molar-refractivity contribution in [1.82, 2.24) is 14.8 Å². The van der Waals surface area contributed by atoms with Gasteiger partial charge in [-0.3, -0.25) is 4.79 Å². The molecule has 0 N–H and O–H groups in total. The molecule has 0 saturated heterocycles. The molecule has 1 heterocycles. The van der Waals surface area contributed by atoms with Gasteiger partial charge in [-0.15, -0.1) is 10.2 Å². The molecule has 1 aromatic heterocycles. The molecule has 0 radical (unpaired) electrons. The van der Waals surface area contributed by atoms with Gasteiger partial charge in [-0.2, -0.15) is 0 Å². The highest BCUT2D eigenvalue weighted by Crippen LogP contribution is 2.53. The lowest BCUT2D eigenvalue weighted by Crippen LogP contribution is -2.35. The molecule has 1 saturated carbocycles. The molecule has 0 unspecified atom stereocenters. The number of rotatable bonds is 5. The van der Waals surface area contributed by atoms with Crippen LogP contribution in [0.2, 0.25) is 5.02 Å². The summed E-state index contributed by atoms with van der Waals surface area (Å²) >= 11 is 6.60. The van der Waals surface area contributed by atoms with Crippen molar-refractivity contribution in [3.63, 3.8) is 0 Å². The maximum atomic E-state index is 13.4. The average molecular weight is 427 g/mol. The minimum Gasteiger partial charge on any atom is -0.313 e. The maximum Gasteiger partial charge on any atom is 0.224 e. The normalized spacial score (nSPS) is 14.8. The van der Waals surface area contributed by atoms with E-state index in [0.29, 0.717) is 10.8 Å². The predicted octanol–water partition coefficient (Wildman–Crippen LogP) is 5.12. The molecule has 3 aromatic rings. The number of benzene rings is 2. The molecular formula is C23H24ClFN4O. The molecule has 30 heavy (non-hydrogen) atoms. The molecule has 1 fully saturated rings. The SMILES string of the molecule is CC(=O)N(c1ccc(-c2nnc(C3(c4ccc(F)cc4)CC3)n2C)c(Cl)c1)C(C)C.